The predicted molar refractivity (Wildman–Crippen MR) is 123 cm³/mol. The Morgan fingerprint density at radius 3 is 2.53 bits per heavy atom. The van der Waals surface area contributed by atoms with Crippen LogP contribution in [-0.2, 0) is 0 Å². The summed E-state index contributed by atoms with van der Waals surface area (Å²) in [7, 11) is 0. The summed E-state index contributed by atoms with van der Waals surface area (Å²) in [5, 5.41) is 10.3. The Hall–Kier alpha value is -3.61. The van der Waals surface area contributed by atoms with E-state index in [4.69, 9.17) is 4.74 Å². The molecule has 0 unspecified atom stereocenters. The number of hydrogen-bond donors (Lipinski definition) is 2. The second kappa shape index (κ2) is 9.68. The van der Waals surface area contributed by atoms with Crippen molar-refractivity contribution >= 4 is 11.8 Å². The molecule has 1 aliphatic rings. The van der Waals surface area contributed by atoms with Crippen LogP contribution >= 0.6 is 0 Å². The Balaban J connectivity index is 1.33. The molecule has 1 fully saturated rings. The maximum absolute atomic E-state index is 12.9. The zero-order valence-corrected chi connectivity index (χ0v) is 18.4. The van der Waals surface area contributed by atoms with Crippen molar-refractivity contribution in [1.29, 1.82) is 0 Å². The normalized spacial score (nSPS) is 14.2. The molecule has 7 heteroatoms. The van der Waals surface area contributed by atoms with Crippen molar-refractivity contribution in [3.8, 4) is 17.0 Å². The van der Waals surface area contributed by atoms with Crippen molar-refractivity contribution in [3.05, 3.63) is 71.4 Å². The summed E-state index contributed by atoms with van der Waals surface area (Å²) in [5.74, 6) is 0.681. The lowest BCUT2D eigenvalue weighted by Crippen LogP contribution is -2.46. The van der Waals surface area contributed by atoms with Gasteiger partial charge in [-0.15, -0.1) is 0 Å². The number of piperidine rings is 1. The Morgan fingerprint density at radius 1 is 1.12 bits per heavy atom. The van der Waals surface area contributed by atoms with E-state index in [2.05, 4.69) is 15.5 Å². The topological polar surface area (TPSA) is 87.3 Å². The third-order valence-corrected chi connectivity index (χ3v) is 5.78. The molecule has 2 heterocycles. The standard InChI is InChI=1S/C25H28N4O3/c1-3-32-20-10-8-18(9-11-20)22-16-23(28-27-22)25(31)29-14-12-19(13-15-29)26-24(30)21-7-5-4-6-17(21)2/h4-11,16,19H,3,12-15H2,1-2H3,(H,26,30)(H,27,28). The highest BCUT2D eigenvalue weighted by Crippen LogP contribution is 2.22. The molecule has 0 atom stereocenters. The second-order valence-electron chi connectivity index (χ2n) is 7.98. The Kier molecular flexibility index (Phi) is 6.54. The van der Waals surface area contributed by atoms with Crippen LogP contribution in [0.5, 0.6) is 5.75 Å². The largest absolute Gasteiger partial charge is 0.494 e. The summed E-state index contributed by atoms with van der Waals surface area (Å²) >= 11 is 0. The number of hydrogen-bond acceptors (Lipinski definition) is 4. The van der Waals surface area contributed by atoms with Gasteiger partial charge in [0.05, 0.1) is 12.3 Å². The maximum Gasteiger partial charge on any atom is 0.271 e. The fraction of sp³-hybridized carbons (Fsp3) is 0.320. The fourth-order valence-electron chi connectivity index (χ4n) is 3.96. The molecule has 0 aliphatic carbocycles. The van der Waals surface area contributed by atoms with Gasteiger partial charge >= 0.3 is 0 Å². The van der Waals surface area contributed by atoms with E-state index in [1.54, 1.807) is 6.07 Å². The SMILES string of the molecule is CCOc1ccc(-c2cc(C(=O)N3CCC(NC(=O)c4ccccc4C)CC3)[nH]n2)cc1. The minimum Gasteiger partial charge on any atom is -0.494 e. The van der Waals surface area contributed by atoms with Crippen LogP contribution in [0, 0.1) is 6.92 Å². The van der Waals surface area contributed by atoms with Gasteiger partial charge in [0.1, 0.15) is 11.4 Å². The second-order valence-corrected chi connectivity index (χ2v) is 7.98. The lowest BCUT2D eigenvalue weighted by molar-refractivity contribution is 0.0692. The van der Waals surface area contributed by atoms with Crippen LogP contribution in [0.1, 0.15) is 46.2 Å². The van der Waals surface area contributed by atoms with Crippen LogP contribution in [0.3, 0.4) is 0 Å². The van der Waals surface area contributed by atoms with Crippen LogP contribution in [0.4, 0.5) is 0 Å². The number of carbonyl (C=O) groups excluding carboxylic acids is 2. The molecule has 2 N–H and O–H groups in total. The predicted octanol–water partition coefficient (Wildman–Crippen LogP) is 3.82. The third kappa shape index (κ3) is 4.82. The third-order valence-electron chi connectivity index (χ3n) is 5.78. The molecule has 1 saturated heterocycles. The Bertz CT molecular complexity index is 1080. The summed E-state index contributed by atoms with van der Waals surface area (Å²) in [6, 6.07) is 17.1. The highest BCUT2D eigenvalue weighted by molar-refractivity contribution is 5.96. The number of nitrogens with zero attached hydrogens (tertiary/aromatic N) is 2. The van der Waals surface area contributed by atoms with Crippen molar-refractivity contribution in [1.82, 2.24) is 20.4 Å². The first-order chi connectivity index (χ1) is 15.5. The highest BCUT2D eigenvalue weighted by Gasteiger charge is 2.26. The van der Waals surface area contributed by atoms with Crippen molar-refractivity contribution in [2.24, 2.45) is 0 Å². The van der Waals surface area contributed by atoms with Gasteiger partial charge in [0.2, 0.25) is 0 Å². The van der Waals surface area contributed by atoms with E-state index in [-0.39, 0.29) is 17.9 Å². The van der Waals surface area contributed by atoms with Gasteiger partial charge in [-0.2, -0.15) is 5.10 Å². The minimum absolute atomic E-state index is 0.0542. The van der Waals surface area contributed by atoms with E-state index in [1.165, 1.54) is 0 Å². The number of nitrogens with one attached hydrogen (secondary N) is 2. The van der Waals surface area contributed by atoms with Crippen molar-refractivity contribution in [2.75, 3.05) is 19.7 Å². The van der Waals surface area contributed by atoms with Crippen molar-refractivity contribution < 1.29 is 14.3 Å². The van der Waals surface area contributed by atoms with E-state index in [1.807, 2.05) is 67.3 Å². The summed E-state index contributed by atoms with van der Waals surface area (Å²) in [6.45, 7) is 5.68. The molecule has 4 rings (SSSR count). The van der Waals surface area contributed by atoms with Crippen LogP contribution in [0.25, 0.3) is 11.3 Å². The van der Waals surface area contributed by atoms with Crippen LogP contribution < -0.4 is 10.1 Å². The molecule has 0 saturated carbocycles. The number of ether oxygens (including phenoxy) is 1. The van der Waals surface area contributed by atoms with Crippen LogP contribution in [0.15, 0.2) is 54.6 Å². The number of H-pyrrole nitrogens is 1. The van der Waals surface area contributed by atoms with Gasteiger partial charge in [-0.05, 0) is 68.7 Å². The van der Waals surface area contributed by atoms with Crippen LogP contribution in [-0.4, -0.2) is 52.6 Å². The molecule has 2 amide bonds. The van der Waals surface area contributed by atoms with Gasteiger partial charge in [0.25, 0.3) is 11.8 Å². The molecular weight excluding hydrogens is 404 g/mol. The van der Waals surface area contributed by atoms with E-state index < -0.39 is 0 Å². The first-order valence-electron chi connectivity index (χ1n) is 11.0. The summed E-state index contributed by atoms with van der Waals surface area (Å²) in [4.78, 5) is 27.3. The molecule has 32 heavy (non-hydrogen) atoms. The smallest absolute Gasteiger partial charge is 0.271 e. The average molecular weight is 433 g/mol. The van der Waals surface area contributed by atoms with Crippen LogP contribution in [0.2, 0.25) is 0 Å². The highest BCUT2D eigenvalue weighted by atomic mass is 16.5. The molecule has 7 nitrogen and oxygen atoms in total. The Morgan fingerprint density at radius 2 is 1.84 bits per heavy atom. The number of aromatic amines is 1. The van der Waals surface area contributed by atoms with Gasteiger partial charge in [-0.1, -0.05) is 18.2 Å². The van der Waals surface area contributed by atoms with E-state index >= 15 is 0 Å². The molecule has 1 aromatic heterocycles. The van der Waals surface area contributed by atoms with Gasteiger partial charge in [-0.25, -0.2) is 0 Å². The van der Waals surface area contributed by atoms with Gasteiger partial charge in [0.15, 0.2) is 0 Å². The van der Waals surface area contributed by atoms with Crippen molar-refractivity contribution in [2.45, 2.75) is 32.7 Å². The zero-order valence-electron chi connectivity index (χ0n) is 18.4. The number of carbonyl (C=O) groups is 2. The lowest BCUT2D eigenvalue weighted by atomic mass is 10.0. The molecular formula is C25H28N4O3. The molecule has 0 spiro atoms. The summed E-state index contributed by atoms with van der Waals surface area (Å²) in [5.41, 5.74) is 3.76. The maximum atomic E-state index is 12.9. The van der Waals surface area contributed by atoms with E-state index in [9.17, 15) is 9.59 Å². The fourth-order valence-corrected chi connectivity index (χ4v) is 3.96. The van der Waals surface area contributed by atoms with Crippen molar-refractivity contribution in [3.63, 3.8) is 0 Å². The van der Waals surface area contributed by atoms with E-state index in [0.717, 1.165) is 35.4 Å². The summed E-state index contributed by atoms with van der Waals surface area (Å²) < 4.78 is 5.47. The number of likely N-dealkylation sites (tertiary alicyclic amines) is 1. The lowest BCUT2D eigenvalue weighted by Gasteiger charge is -2.32. The Labute approximate surface area is 187 Å². The zero-order chi connectivity index (χ0) is 22.5. The van der Waals surface area contributed by atoms with Gasteiger partial charge < -0.3 is 15.0 Å². The average Bonchev–Trinajstić information content (AvgIpc) is 3.30. The number of aromatic nitrogens is 2. The van der Waals surface area contributed by atoms with Gasteiger partial charge in [-0.3, -0.25) is 14.7 Å². The quantitative estimate of drug-likeness (QED) is 0.620. The number of rotatable bonds is 6. The number of amides is 2. The molecule has 166 valence electrons. The summed E-state index contributed by atoms with van der Waals surface area (Å²) in [6.07, 6.45) is 1.45. The number of benzene rings is 2. The van der Waals surface area contributed by atoms with Gasteiger partial charge in [0, 0.05) is 30.3 Å². The monoisotopic (exact) mass is 432 g/mol. The first-order valence-corrected chi connectivity index (χ1v) is 11.0. The molecule has 0 radical (unpaired) electrons. The molecule has 0 bridgehead atoms. The molecule has 2 aromatic carbocycles. The first kappa shape index (κ1) is 21.6. The molecule has 3 aromatic rings. The van der Waals surface area contributed by atoms with E-state index in [0.29, 0.717) is 31.0 Å². The number of aryl methyl sites for hydroxylation is 1. The minimum atomic E-state index is -0.0710. The molecule has 1 aliphatic heterocycles.